The van der Waals surface area contributed by atoms with Gasteiger partial charge in [-0.15, -0.1) is 0 Å². The molecule has 36 heavy (non-hydrogen) atoms. The van der Waals surface area contributed by atoms with E-state index in [9.17, 15) is 9.59 Å². The quantitative estimate of drug-likeness (QED) is 0.380. The highest BCUT2D eigenvalue weighted by atomic mass is 16.7. The molecule has 3 heterocycles. The molecule has 5 rings (SSSR count). The smallest absolute Gasteiger partial charge is 0.292 e. The van der Waals surface area contributed by atoms with Crippen LogP contribution in [0.15, 0.2) is 42.5 Å². The number of piperazine rings is 1. The molecule has 2 aromatic rings. The molecule has 1 atom stereocenters. The van der Waals surface area contributed by atoms with E-state index in [1.807, 2.05) is 30.3 Å². The summed E-state index contributed by atoms with van der Waals surface area (Å²) in [6.45, 7) is 7.77. The Morgan fingerprint density at radius 3 is 2.50 bits per heavy atom. The summed E-state index contributed by atoms with van der Waals surface area (Å²) in [5.74, 6) is 2.21. The van der Waals surface area contributed by atoms with Crippen LogP contribution in [0.25, 0.3) is 0 Å². The summed E-state index contributed by atoms with van der Waals surface area (Å²) in [5.41, 5.74) is 1.86. The number of carbonyl (C=O) groups is 2. The first-order valence-corrected chi connectivity index (χ1v) is 13.3. The number of hydrogen-bond donors (Lipinski definition) is 2. The Morgan fingerprint density at radius 1 is 0.944 bits per heavy atom. The van der Waals surface area contributed by atoms with E-state index in [1.165, 1.54) is 39.5 Å². The molecule has 2 amide bonds. The van der Waals surface area contributed by atoms with Crippen molar-refractivity contribution in [3.05, 3.63) is 48.0 Å². The van der Waals surface area contributed by atoms with Gasteiger partial charge in [0, 0.05) is 5.56 Å². The number of rotatable bonds is 10. The molecule has 3 aliphatic heterocycles. The molecule has 0 aromatic heterocycles. The maximum absolute atomic E-state index is 13.3. The molecule has 0 saturated carbocycles. The highest BCUT2D eigenvalue weighted by molar-refractivity contribution is 6.21. The van der Waals surface area contributed by atoms with Crippen LogP contribution in [0.1, 0.15) is 44.6 Å². The van der Waals surface area contributed by atoms with Crippen molar-refractivity contribution < 1.29 is 33.6 Å². The summed E-state index contributed by atoms with van der Waals surface area (Å²) in [6, 6.07) is 13.2. The summed E-state index contributed by atoms with van der Waals surface area (Å²) in [5, 5.41) is 0. The van der Waals surface area contributed by atoms with Crippen molar-refractivity contribution in [3.63, 3.8) is 0 Å². The molecule has 192 valence electrons. The molecule has 2 N–H and O–H groups in total. The molecule has 8 nitrogen and oxygen atoms in total. The summed E-state index contributed by atoms with van der Waals surface area (Å²) in [7, 11) is 0. The van der Waals surface area contributed by atoms with Gasteiger partial charge in [0.05, 0.1) is 18.7 Å². The number of fused-ring (bicyclic) bond motifs is 1. The zero-order valence-electron chi connectivity index (χ0n) is 21.1. The second kappa shape index (κ2) is 11.3. The number of unbranched alkanes of at least 4 members (excludes halogenated alkanes) is 3. The number of amides is 2. The average Bonchev–Trinajstić information content (AvgIpc) is 3.48. The molecular weight excluding hydrogens is 458 g/mol. The van der Waals surface area contributed by atoms with E-state index in [-0.39, 0.29) is 31.1 Å². The zero-order chi connectivity index (χ0) is 24.9. The largest absolute Gasteiger partial charge is 0.494 e. The van der Waals surface area contributed by atoms with Gasteiger partial charge in [0.25, 0.3) is 5.91 Å². The third kappa shape index (κ3) is 5.50. The van der Waals surface area contributed by atoms with Gasteiger partial charge >= 0.3 is 0 Å². The maximum atomic E-state index is 13.3. The average molecular weight is 496 g/mol. The second-order valence-corrected chi connectivity index (χ2v) is 10.00. The monoisotopic (exact) mass is 495 g/mol. The number of hydrogen-bond acceptors (Lipinski definition) is 5. The number of ether oxygens (including phenoxy) is 3. The molecule has 0 spiro atoms. The second-order valence-electron chi connectivity index (χ2n) is 10.00. The normalized spacial score (nSPS) is 23.4. The Labute approximate surface area is 212 Å². The molecule has 0 unspecified atom stereocenters. The van der Waals surface area contributed by atoms with Crippen molar-refractivity contribution in [3.8, 4) is 17.2 Å². The fourth-order valence-corrected chi connectivity index (χ4v) is 5.42. The van der Waals surface area contributed by atoms with Gasteiger partial charge in [-0.1, -0.05) is 26.2 Å². The van der Waals surface area contributed by atoms with E-state index in [2.05, 4.69) is 19.1 Å². The van der Waals surface area contributed by atoms with Crippen LogP contribution in [0.5, 0.6) is 17.2 Å². The Morgan fingerprint density at radius 2 is 1.72 bits per heavy atom. The van der Waals surface area contributed by atoms with Gasteiger partial charge in [-0.25, -0.2) is 4.90 Å². The number of benzene rings is 2. The Hall–Kier alpha value is -3.10. The summed E-state index contributed by atoms with van der Waals surface area (Å²) in [4.78, 5) is 30.2. The SMILES string of the molecule is CCCCCCOc1ccc(N2C(=O)C[C@H]([NH+]3CC[NH+](Cc4ccc5c(c4)OCO5)CC3)C2=O)cc1. The first-order chi connectivity index (χ1) is 17.6. The molecule has 3 aliphatic rings. The van der Waals surface area contributed by atoms with Crippen LogP contribution in [-0.2, 0) is 16.1 Å². The highest BCUT2D eigenvalue weighted by Gasteiger charge is 2.47. The summed E-state index contributed by atoms with van der Waals surface area (Å²) >= 11 is 0. The minimum Gasteiger partial charge on any atom is -0.494 e. The zero-order valence-corrected chi connectivity index (χ0v) is 21.1. The van der Waals surface area contributed by atoms with Crippen molar-refractivity contribution in [2.24, 2.45) is 0 Å². The van der Waals surface area contributed by atoms with Crippen LogP contribution in [0.3, 0.4) is 0 Å². The number of quaternary nitrogens is 2. The Balaban J connectivity index is 1.12. The molecule has 2 aromatic carbocycles. The minimum absolute atomic E-state index is 0.0811. The number of anilines is 1. The first-order valence-electron chi connectivity index (χ1n) is 13.3. The van der Waals surface area contributed by atoms with E-state index in [4.69, 9.17) is 14.2 Å². The van der Waals surface area contributed by atoms with Crippen molar-refractivity contribution >= 4 is 17.5 Å². The van der Waals surface area contributed by atoms with E-state index >= 15 is 0 Å². The van der Waals surface area contributed by atoms with Crippen molar-refractivity contribution in [1.82, 2.24) is 0 Å². The highest BCUT2D eigenvalue weighted by Crippen LogP contribution is 2.32. The van der Waals surface area contributed by atoms with Gasteiger partial charge in [0.2, 0.25) is 12.7 Å². The lowest BCUT2D eigenvalue weighted by molar-refractivity contribution is -1.02. The standard InChI is InChI=1S/C28H35N3O5/c1-2-3-4-5-16-34-23-9-7-22(8-10-23)31-27(32)18-24(28(31)33)30-14-12-29(13-15-30)19-21-6-11-25-26(17-21)36-20-35-25/h6-11,17,24H,2-5,12-16,18-20H2,1H3/p+2/t24-/m0/s1. The first kappa shape index (κ1) is 24.6. The third-order valence-electron chi connectivity index (χ3n) is 7.49. The molecule has 0 bridgehead atoms. The van der Waals surface area contributed by atoms with Crippen LogP contribution in [0.4, 0.5) is 5.69 Å². The van der Waals surface area contributed by atoms with Crippen molar-refractivity contribution in [2.45, 2.75) is 51.6 Å². The van der Waals surface area contributed by atoms with Crippen LogP contribution < -0.4 is 28.9 Å². The minimum atomic E-state index is -0.293. The van der Waals surface area contributed by atoms with Gasteiger partial charge in [-0.05, 0) is 48.9 Å². The van der Waals surface area contributed by atoms with E-state index in [1.54, 1.807) is 0 Å². The fraction of sp³-hybridized carbons (Fsp3) is 0.500. The van der Waals surface area contributed by atoms with Gasteiger partial charge in [-0.2, -0.15) is 0 Å². The topological polar surface area (TPSA) is 73.9 Å². The Bertz CT molecular complexity index is 1070. The lowest BCUT2D eigenvalue weighted by atomic mass is 10.1. The van der Waals surface area contributed by atoms with Gasteiger partial charge in [-0.3, -0.25) is 9.59 Å². The van der Waals surface area contributed by atoms with Gasteiger partial charge in [0.1, 0.15) is 38.5 Å². The lowest BCUT2D eigenvalue weighted by Crippen LogP contribution is -3.29. The molecular formula is C28H37N3O5+2. The predicted octanol–water partition coefficient (Wildman–Crippen LogP) is 0.990. The fourth-order valence-electron chi connectivity index (χ4n) is 5.42. The Kier molecular flexibility index (Phi) is 7.72. The van der Waals surface area contributed by atoms with Gasteiger partial charge < -0.3 is 24.0 Å². The number of imide groups is 1. The van der Waals surface area contributed by atoms with Crippen LogP contribution >= 0.6 is 0 Å². The number of nitrogens with one attached hydrogen (secondary N) is 2. The van der Waals surface area contributed by atoms with E-state index in [0.717, 1.165) is 56.4 Å². The van der Waals surface area contributed by atoms with Crippen LogP contribution in [-0.4, -0.2) is 57.4 Å². The van der Waals surface area contributed by atoms with Crippen molar-refractivity contribution in [2.75, 3.05) is 44.5 Å². The van der Waals surface area contributed by atoms with E-state index in [0.29, 0.717) is 12.3 Å². The number of nitrogens with zero attached hydrogens (tertiary/aromatic N) is 1. The van der Waals surface area contributed by atoms with Gasteiger partial charge in [0.15, 0.2) is 17.5 Å². The van der Waals surface area contributed by atoms with E-state index < -0.39 is 0 Å². The van der Waals surface area contributed by atoms with Crippen molar-refractivity contribution in [1.29, 1.82) is 0 Å². The predicted molar refractivity (Wildman–Crippen MR) is 135 cm³/mol. The number of carbonyl (C=O) groups excluding carboxylic acids is 2. The molecule has 2 fully saturated rings. The molecule has 0 radical (unpaired) electrons. The third-order valence-corrected chi connectivity index (χ3v) is 7.49. The maximum Gasteiger partial charge on any atom is 0.292 e. The van der Waals surface area contributed by atoms with Crippen LogP contribution in [0, 0.1) is 0 Å². The summed E-state index contributed by atoms with van der Waals surface area (Å²) in [6.07, 6.45) is 4.91. The lowest BCUT2D eigenvalue weighted by Gasteiger charge is -2.32. The van der Waals surface area contributed by atoms with Crippen LogP contribution in [0.2, 0.25) is 0 Å². The molecule has 2 saturated heterocycles. The molecule has 8 heteroatoms. The molecule has 0 aliphatic carbocycles. The summed E-state index contributed by atoms with van der Waals surface area (Å²) < 4.78 is 16.7.